The summed E-state index contributed by atoms with van der Waals surface area (Å²) in [6, 6.07) is 7.72. The molecule has 0 unspecified atom stereocenters. The van der Waals surface area contributed by atoms with E-state index in [1.165, 1.54) is 87.9 Å². The molecule has 2 nitrogen and oxygen atoms in total. The van der Waals surface area contributed by atoms with Crippen LogP contribution >= 0.6 is 0 Å². The maximum atomic E-state index is 2.78. The van der Waals surface area contributed by atoms with Gasteiger partial charge < -0.3 is 4.90 Å². The molecule has 2 heteroatoms. The molecule has 1 aliphatic heterocycles. The van der Waals surface area contributed by atoms with Crippen molar-refractivity contribution in [3.05, 3.63) is 29.3 Å². The van der Waals surface area contributed by atoms with E-state index >= 15 is 0 Å². The average molecular weight is 300 g/mol. The van der Waals surface area contributed by atoms with E-state index in [0.717, 1.165) is 6.04 Å². The second-order valence-electron chi connectivity index (χ2n) is 7.31. The third-order valence-electron chi connectivity index (χ3n) is 5.61. The first-order valence-electron chi connectivity index (χ1n) is 9.30. The quantitative estimate of drug-likeness (QED) is 0.791. The van der Waals surface area contributed by atoms with Crippen LogP contribution in [-0.4, -0.2) is 37.1 Å². The number of benzene rings is 1. The average Bonchev–Trinajstić information content (AvgIpc) is 2.50. The summed E-state index contributed by atoms with van der Waals surface area (Å²) in [7, 11) is 0. The van der Waals surface area contributed by atoms with E-state index in [1.807, 2.05) is 0 Å². The van der Waals surface area contributed by atoms with Crippen LogP contribution in [0.1, 0.15) is 56.1 Å². The summed E-state index contributed by atoms with van der Waals surface area (Å²) in [4.78, 5) is 5.38. The Morgan fingerprint density at radius 3 is 2.14 bits per heavy atom. The molecule has 22 heavy (non-hydrogen) atoms. The van der Waals surface area contributed by atoms with Crippen molar-refractivity contribution in [2.75, 3.05) is 31.1 Å². The fourth-order valence-corrected chi connectivity index (χ4v) is 4.19. The molecule has 2 aliphatic rings. The van der Waals surface area contributed by atoms with Gasteiger partial charge in [-0.2, -0.15) is 0 Å². The Balaban J connectivity index is 1.58. The molecule has 0 spiro atoms. The van der Waals surface area contributed by atoms with Gasteiger partial charge in [-0.3, -0.25) is 4.90 Å². The third-order valence-corrected chi connectivity index (χ3v) is 5.61. The Kier molecular flexibility index (Phi) is 5.41. The summed E-state index contributed by atoms with van der Waals surface area (Å²) in [6.45, 7) is 9.33. The molecule has 0 atom stereocenters. The first-order chi connectivity index (χ1) is 10.7. The van der Waals surface area contributed by atoms with Crippen LogP contribution in [0.15, 0.2) is 18.2 Å². The fraction of sp³-hybridized carbons (Fsp3) is 0.700. The standard InChI is InChI=1S/C20H32N2/c1-17-10-11-18(2)20(16-17)22-14-12-21(13-15-22)19-8-6-4-3-5-7-9-19/h10-11,16,19H,3-9,12-15H2,1-2H3. The van der Waals surface area contributed by atoms with Crippen molar-refractivity contribution >= 4 is 5.69 Å². The number of anilines is 1. The largest absolute Gasteiger partial charge is 0.369 e. The van der Waals surface area contributed by atoms with E-state index in [-0.39, 0.29) is 0 Å². The minimum Gasteiger partial charge on any atom is -0.369 e. The van der Waals surface area contributed by atoms with Crippen LogP contribution in [0.25, 0.3) is 0 Å². The number of rotatable bonds is 2. The van der Waals surface area contributed by atoms with E-state index < -0.39 is 0 Å². The molecular formula is C20H32N2. The number of hydrogen-bond donors (Lipinski definition) is 0. The van der Waals surface area contributed by atoms with E-state index in [0.29, 0.717) is 0 Å². The van der Waals surface area contributed by atoms with Crippen LogP contribution < -0.4 is 4.90 Å². The first-order valence-corrected chi connectivity index (χ1v) is 9.30. The number of hydrogen-bond acceptors (Lipinski definition) is 2. The smallest absolute Gasteiger partial charge is 0.0399 e. The maximum Gasteiger partial charge on any atom is 0.0399 e. The van der Waals surface area contributed by atoms with Crippen molar-refractivity contribution in [3.8, 4) is 0 Å². The molecule has 122 valence electrons. The topological polar surface area (TPSA) is 6.48 Å². The Morgan fingerprint density at radius 2 is 1.45 bits per heavy atom. The Hall–Kier alpha value is -1.02. The van der Waals surface area contributed by atoms with Crippen LogP contribution in [0.2, 0.25) is 0 Å². The minimum atomic E-state index is 0.862. The molecule has 2 fully saturated rings. The Labute approximate surface area is 136 Å². The molecule has 1 heterocycles. The summed E-state index contributed by atoms with van der Waals surface area (Å²) in [5, 5.41) is 0. The molecule has 3 rings (SSSR count). The van der Waals surface area contributed by atoms with Gasteiger partial charge in [0.25, 0.3) is 0 Å². The van der Waals surface area contributed by atoms with Crippen LogP contribution in [0.4, 0.5) is 5.69 Å². The van der Waals surface area contributed by atoms with Gasteiger partial charge in [0, 0.05) is 37.9 Å². The lowest BCUT2D eigenvalue weighted by Crippen LogP contribution is -2.50. The van der Waals surface area contributed by atoms with Gasteiger partial charge in [-0.05, 0) is 43.9 Å². The van der Waals surface area contributed by atoms with Gasteiger partial charge in [0.15, 0.2) is 0 Å². The highest BCUT2D eigenvalue weighted by atomic mass is 15.3. The molecule has 0 radical (unpaired) electrons. The van der Waals surface area contributed by atoms with Crippen LogP contribution in [0.5, 0.6) is 0 Å². The van der Waals surface area contributed by atoms with Gasteiger partial charge >= 0.3 is 0 Å². The van der Waals surface area contributed by atoms with Crippen molar-refractivity contribution in [2.45, 2.75) is 64.8 Å². The van der Waals surface area contributed by atoms with Gasteiger partial charge in [-0.25, -0.2) is 0 Å². The molecule has 0 bridgehead atoms. The van der Waals surface area contributed by atoms with Gasteiger partial charge in [0.1, 0.15) is 0 Å². The molecule has 1 aliphatic carbocycles. The summed E-state index contributed by atoms with van der Waals surface area (Å²) >= 11 is 0. The van der Waals surface area contributed by atoms with E-state index in [9.17, 15) is 0 Å². The monoisotopic (exact) mass is 300 g/mol. The van der Waals surface area contributed by atoms with Crippen molar-refractivity contribution < 1.29 is 0 Å². The maximum absolute atomic E-state index is 2.78. The zero-order chi connectivity index (χ0) is 15.4. The molecule has 1 aromatic rings. The van der Waals surface area contributed by atoms with Crippen LogP contribution in [0, 0.1) is 13.8 Å². The lowest BCUT2D eigenvalue weighted by Gasteiger charge is -2.41. The predicted octanol–water partition coefficient (Wildman–Crippen LogP) is 4.54. The lowest BCUT2D eigenvalue weighted by atomic mass is 9.95. The zero-order valence-electron chi connectivity index (χ0n) is 14.5. The molecule has 1 aromatic carbocycles. The molecular weight excluding hydrogens is 268 g/mol. The highest BCUT2D eigenvalue weighted by Crippen LogP contribution is 2.26. The summed E-state index contributed by atoms with van der Waals surface area (Å²) in [5.74, 6) is 0. The van der Waals surface area contributed by atoms with Crippen molar-refractivity contribution in [1.29, 1.82) is 0 Å². The van der Waals surface area contributed by atoms with Gasteiger partial charge in [0.2, 0.25) is 0 Å². The second kappa shape index (κ2) is 7.50. The highest BCUT2D eigenvalue weighted by Gasteiger charge is 2.24. The molecule has 0 aromatic heterocycles. The minimum absolute atomic E-state index is 0.862. The van der Waals surface area contributed by atoms with Crippen molar-refractivity contribution in [2.24, 2.45) is 0 Å². The number of nitrogens with zero attached hydrogens (tertiary/aromatic N) is 2. The van der Waals surface area contributed by atoms with E-state index in [4.69, 9.17) is 0 Å². The van der Waals surface area contributed by atoms with Crippen LogP contribution in [0.3, 0.4) is 0 Å². The molecule has 1 saturated carbocycles. The molecule has 0 amide bonds. The van der Waals surface area contributed by atoms with Crippen LogP contribution in [-0.2, 0) is 0 Å². The molecule has 1 saturated heterocycles. The fourth-order valence-electron chi connectivity index (χ4n) is 4.19. The Morgan fingerprint density at radius 1 is 0.818 bits per heavy atom. The predicted molar refractivity (Wildman–Crippen MR) is 95.8 cm³/mol. The Bertz CT molecular complexity index is 467. The SMILES string of the molecule is Cc1ccc(C)c(N2CCN(C3CCCCCCC3)CC2)c1. The molecule has 0 N–H and O–H groups in total. The lowest BCUT2D eigenvalue weighted by molar-refractivity contribution is 0.157. The summed E-state index contributed by atoms with van der Waals surface area (Å²) in [6.07, 6.45) is 10.1. The van der Waals surface area contributed by atoms with Gasteiger partial charge in [-0.15, -0.1) is 0 Å². The van der Waals surface area contributed by atoms with E-state index in [1.54, 1.807) is 0 Å². The number of aryl methyl sites for hydroxylation is 2. The van der Waals surface area contributed by atoms with E-state index in [2.05, 4.69) is 41.8 Å². The number of piperazine rings is 1. The normalized spacial score (nSPS) is 22.4. The van der Waals surface area contributed by atoms with Gasteiger partial charge in [-0.1, -0.05) is 44.2 Å². The highest BCUT2D eigenvalue weighted by molar-refractivity contribution is 5.55. The first kappa shape index (κ1) is 15.9. The van der Waals surface area contributed by atoms with Crippen molar-refractivity contribution in [1.82, 2.24) is 4.90 Å². The van der Waals surface area contributed by atoms with Gasteiger partial charge in [0.05, 0.1) is 0 Å². The summed E-state index contributed by atoms with van der Waals surface area (Å²) in [5.41, 5.74) is 4.25. The summed E-state index contributed by atoms with van der Waals surface area (Å²) < 4.78 is 0. The van der Waals surface area contributed by atoms with Crippen molar-refractivity contribution in [3.63, 3.8) is 0 Å². The second-order valence-corrected chi connectivity index (χ2v) is 7.31. The zero-order valence-corrected chi connectivity index (χ0v) is 14.5. The third kappa shape index (κ3) is 3.84.